The van der Waals surface area contributed by atoms with Crippen molar-refractivity contribution in [3.8, 4) is 0 Å². The molecule has 0 aromatic rings. The molecule has 1 aliphatic carbocycles. The molecule has 2 heteroatoms. The summed E-state index contributed by atoms with van der Waals surface area (Å²) < 4.78 is 4.60. The molecule has 1 fully saturated rings. The lowest BCUT2D eigenvalue weighted by Crippen LogP contribution is -2.06. The molecule has 0 spiro atoms. The minimum absolute atomic E-state index is 0.188. The normalized spacial score (nSPS) is 24.1. The molecule has 2 unspecified atom stereocenters. The highest BCUT2D eigenvalue weighted by Gasteiger charge is 2.49. The Labute approximate surface area is 98.4 Å². The minimum atomic E-state index is -0.188. The summed E-state index contributed by atoms with van der Waals surface area (Å²) in [5.74, 6) is 0.894. The lowest BCUT2D eigenvalue weighted by Gasteiger charge is -2.14. The van der Waals surface area contributed by atoms with Crippen molar-refractivity contribution in [3.63, 3.8) is 0 Å². The maximum atomic E-state index is 11.0. The van der Waals surface area contributed by atoms with Crippen molar-refractivity contribution in [1.82, 2.24) is 0 Å². The third-order valence-corrected chi connectivity index (χ3v) is 3.45. The quantitative estimate of drug-likeness (QED) is 0.527. The van der Waals surface area contributed by atoms with Crippen molar-refractivity contribution in [2.45, 2.75) is 33.6 Å². The van der Waals surface area contributed by atoms with Crippen LogP contribution in [-0.2, 0) is 9.53 Å². The average Bonchev–Trinajstić information content (AvgIpc) is 2.81. The zero-order valence-corrected chi connectivity index (χ0v) is 10.7. The molecule has 90 valence electrons. The molecule has 2 atom stereocenters. The number of carbonyl (C=O) groups is 1. The van der Waals surface area contributed by atoms with Crippen LogP contribution in [0.15, 0.2) is 24.3 Å². The Morgan fingerprint density at radius 1 is 1.62 bits per heavy atom. The van der Waals surface area contributed by atoms with Gasteiger partial charge in [0.2, 0.25) is 0 Å². The Kier molecular flexibility index (Phi) is 3.95. The van der Waals surface area contributed by atoms with Crippen molar-refractivity contribution < 1.29 is 9.53 Å². The largest absolute Gasteiger partial charge is 0.469 e. The molecule has 0 aromatic heterocycles. The van der Waals surface area contributed by atoms with Gasteiger partial charge in [-0.25, -0.2) is 0 Å². The lowest BCUT2D eigenvalue weighted by atomic mass is 9.91. The molecule has 0 radical (unpaired) electrons. The Bertz CT molecular complexity index is 313. The SMILES string of the molecule is C=C(C)C(/C=C\CC(=O)OC)C1CC1(C)C. The molecule has 16 heavy (non-hydrogen) atoms. The fourth-order valence-electron chi connectivity index (χ4n) is 2.16. The molecule has 0 amide bonds. The van der Waals surface area contributed by atoms with Gasteiger partial charge in [0, 0.05) is 5.92 Å². The first-order valence-electron chi connectivity index (χ1n) is 5.77. The predicted molar refractivity (Wildman–Crippen MR) is 66.0 cm³/mol. The standard InChI is InChI=1S/C14H22O2/c1-10(2)11(12-9-14(12,3)4)7-6-8-13(15)16-5/h6-7,11-12H,1,8-9H2,2-5H3/b7-6-. The maximum absolute atomic E-state index is 11.0. The first-order chi connectivity index (χ1) is 7.38. The summed E-state index contributed by atoms with van der Waals surface area (Å²) in [7, 11) is 1.41. The summed E-state index contributed by atoms with van der Waals surface area (Å²) in [5, 5.41) is 0. The average molecular weight is 222 g/mol. The van der Waals surface area contributed by atoms with Crippen molar-refractivity contribution in [2.75, 3.05) is 7.11 Å². The number of hydrogen-bond donors (Lipinski definition) is 0. The molecule has 1 rings (SSSR count). The van der Waals surface area contributed by atoms with E-state index in [1.54, 1.807) is 0 Å². The van der Waals surface area contributed by atoms with Crippen LogP contribution >= 0.6 is 0 Å². The van der Waals surface area contributed by atoms with E-state index in [9.17, 15) is 4.79 Å². The van der Waals surface area contributed by atoms with Crippen molar-refractivity contribution >= 4 is 5.97 Å². The van der Waals surface area contributed by atoms with Gasteiger partial charge in [-0.1, -0.05) is 38.2 Å². The van der Waals surface area contributed by atoms with Gasteiger partial charge in [0.1, 0.15) is 0 Å². The van der Waals surface area contributed by atoms with Gasteiger partial charge in [0.25, 0.3) is 0 Å². The summed E-state index contributed by atoms with van der Waals surface area (Å²) in [6.07, 6.45) is 5.61. The van der Waals surface area contributed by atoms with Gasteiger partial charge in [-0.05, 0) is 24.7 Å². The van der Waals surface area contributed by atoms with E-state index in [-0.39, 0.29) is 5.97 Å². The fourth-order valence-corrected chi connectivity index (χ4v) is 2.16. The highest BCUT2D eigenvalue weighted by Crippen LogP contribution is 2.57. The molecule has 0 heterocycles. The van der Waals surface area contributed by atoms with Crippen LogP contribution < -0.4 is 0 Å². The Balaban J connectivity index is 2.53. The molecule has 1 aliphatic rings. The third kappa shape index (κ3) is 3.22. The second kappa shape index (κ2) is 4.86. The van der Waals surface area contributed by atoms with E-state index in [1.165, 1.54) is 19.1 Å². The van der Waals surface area contributed by atoms with Gasteiger partial charge in [0.15, 0.2) is 0 Å². The van der Waals surface area contributed by atoms with E-state index in [1.807, 2.05) is 6.08 Å². The molecule has 0 bridgehead atoms. The van der Waals surface area contributed by atoms with Crippen LogP contribution in [0.25, 0.3) is 0 Å². The molecule has 0 aromatic carbocycles. The van der Waals surface area contributed by atoms with Crippen LogP contribution in [-0.4, -0.2) is 13.1 Å². The van der Waals surface area contributed by atoms with Crippen molar-refractivity contribution in [1.29, 1.82) is 0 Å². The van der Waals surface area contributed by atoms with Crippen LogP contribution in [0.2, 0.25) is 0 Å². The first kappa shape index (κ1) is 13.0. The molecule has 0 saturated heterocycles. The Morgan fingerprint density at radius 2 is 2.19 bits per heavy atom. The second-order valence-electron chi connectivity index (χ2n) is 5.38. The van der Waals surface area contributed by atoms with E-state index in [2.05, 4.69) is 38.2 Å². The summed E-state index contributed by atoms with van der Waals surface area (Å²) >= 11 is 0. The van der Waals surface area contributed by atoms with E-state index in [0.717, 1.165) is 0 Å². The van der Waals surface area contributed by atoms with Crippen LogP contribution in [0, 0.1) is 17.3 Å². The molecular weight excluding hydrogens is 200 g/mol. The topological polar surface area (TPSA) is 26.3 Å². The zero-order chi connectivity index (χ0) is 12.3. The lowest BCUT2D eigenvalue weighted by molar-refractivity contribution is -0.139. The van der Waals surface area contributed by atoms with Crippen LogP contribution in [0.4, 0.5) is 0 Å². The second-order valence-corrected chi connectivity index (χ2v) is 5.38. The smallest absolute Gasteiger partial charge is 0.309 e. The zero-order valence-electron chi connectivity index (χ0n) is 10.7. The molecule has 0 aliphatic heterocycles. The van der Waals surface area contributed by atoms with Gasteiger partial charge in [-0.3, -0.25) is 4.79 Å². The summed E-state index contributed by atoms with van der Waals surface area (Å²) in [6, 6.07) is 0. The maximum Gasteiger partial charge on any atom is 0.309 e. The number of carbonyl (C=O) groups excluding carboxylic acids is 1. The number of rotatable bonds is 5. The Morgan fingerprint density at radius 3 is 2.56 bits per heavy atom. The first-order valence-corrected chi connectivity index (χ1v) is 5.77. The highest BCUT2D eigenvalue weighted by atomic mass is 16.5. The minimum Gasteiger partial charge on any atom is -0.469 e. The van der Waals surface area contributed by atoms with Crippen LogP contribution in [0.5, 0.6) is 0 Å². The van der Waals surface area contributed by atoms with E-state index in [4.69, 9.17) is 0 Å². The van der Waals surface area contributed by atoms with Gasteiger partial charge in [-0.2, -0.15) is 0 Å². The van der Waals surface area contributed by atoms with Gasteiger partial charge < -0.3 is 4.74 Å². The van der Waals surface area contributed by atoms with Crippen LogP contribution in [0.3, 0.4) is 0 Å². The number of hydrogen-bond acceptors (Lipinski definition) is 2. The van der Waals surface area contributed by atoms with E-state index < -0.39 is 0 Å². The van der Waals surface area contributed by atoms with Crippen molar-refractivity contribution in [2.24, 2.45) is 17.3 Å². The third-order valence-electron chi connectivity index (χ3n) is 3.45. The summed E-state index contributed by atoms with van der Waals surface area (Å²) in [4.78, 5) is 11.0. The van der Waals surface area contributed by atoms with Crippen LogP contribution in [0.1, 0.15) is 33.6 Å². The van der Waals surface area contributed by atoms with Gasteiger partial charge in [-0.15, -0.1) is 0 Å². The Hall–Kier alpha value is -1.05. The number of esters is 1. The monoisotopic (exact) mass is 222 g/mol. The molecule has 0 N–H and O–H groups in total. The van der Waals surface area contributed by atoms with Gasteiger partial charge >= 0.3 is 5.97 Å². The van der Waals surface area contributed by atoms with E-state index in [0.29, 0.717) is 23.7 Å². The summed E-state index contributed by atoms with van der Waals surface area (Å²) in [6.45, 7) is 10.6. The number of ether oxygens (including phenoxy) is 1. The molecular formula is C14H22O2. The van der Waals surface area contributed by atoms with Gasteiger partial charge in [0.05, 0.1) is 13.5 Å². The molecule has 1 saturated carbocycles. The number of allylic oxidation sites excluding steroid dienone is 2. The number of methoxy groups -OCH3 is 1. The molecule has 2 nitrogen and oxygen atoms in total. The summed E-state index contributed by atoms with van der Waals surface area (Å²) in [5.41, 5.74) is 1.61. The highest BCUT2D eigenvalue weighted by molar-refractivity contribution is 5.70. The van der Waals surface area contributed by atoms with Crippen molar-refractivity contribution in [3.05, 3.63) is 24.3 Å². The predicted octanol–water partition coefficient (Wildman–Crippen LogP) is 3.34. The van der Waals surface area contributed by atoms with E-state index >= 15 is 0 Å². The fraction of sp³-hybridized carbons (Fsp3) is 0.643.